The first kappa shape index (κ1) is 14.1. The van der Waals surface area contributed by atoms with E-state index < -0.39 is 0 Å². The Hall–Kier alpha value is -0.280. The molecule has 0 radical (unpaired) electrons. The summed E-state index contributed by atoms with van der Waals surface area (Å²) < 4.78 is 0. The van der Waals surface area contributed by atoms with Crippen LogP contribution in [0.15, 0.2) is 0 Å². The highest BCUT2D eigenvalue weighted by Gasteiger charge is 2.40. The average Bonchev–Trinajstić information content (AvgIpc) is 3.11. The Kier molecular flexibility index (Phi) is 4.22. The molecule has 1 N–H and O–H groups in total. The molecule has 4 heteroatoms. The van der Waals surface area contributed by atoms with Gasteiger partial charge in [0.25, 0.3) is 0 Å². The van der Waals surface area contributed by atoms with E-state index in [1.165, 1.54) is 45.2 Å². The Balaban J connectivity index is 0.00000120. The van der Waals surface area contributed by atoms with Crippen LogP contribution >= 0.6 is 12.4 Å². The van der Waals surface area contributed by atoms with Crippen molar-refractivity contribution in [3.8, 4) is 0 Å². The molecule has 3 aliphatic rings. The maximum absolute atomic E-state index is 12.3. The van der Waals surface area contributed by atoms with Crippen molar-refractivity contribution in [2.24, 2.45) is 17.3 Å². The van der Waals surface area contributed by atoms with E-state index >= 15 is 0 Å². The van der Waals surface area contributed by atoms with Crippen LogP contribution in [0.2, 0.25) is 0 Å². The number of carbonyl (C=O) groups excluding carboxylic acids is 1. The summed E-state index contributed by atoms with van der Waals surface area (Å²) in [7, 11) is 0. The van der Waals surface area contributed by atoms with Gasteiger partial charge in [-0.3, -0.25) is 4.79 Å². The molecule has 1 saturated carbocycles. The number of likely N-dealkylation sites (tertiary alicyclic amines) is 1. The fourth-order valence-corrected chi connectivity index (χ4v) is 3.51. The molecule has 104 valence electrons. The molecule has 2 heterocycles. The Labute approximate surface area is 116 Å². The SMILES string of the molecule is CC(C(=O)N1CCC2(CCNC2)CC1)C1CC1.Cl. The first-order valence-electron chi connectivity index (χ1n) is 7.20. The van der Waals surface area contributed by atoms with Crippen molar-refractivity contribution < 1.29 is 4.79 Å². The molecule has 2 saturated heterocycles. The number of carbonyl (C=O) groups is 1. The van der Waals surface area contributed by atoms with Gasteiger partial charge >= 0.3 is 0 Å². The van der Waals surface area contributed by atoms with Gasteiger partial charge in [-0.05, 0) is 50.0 Å². The maximum Gasteiger partial charge on any atom is 0.225 e. The molecule has 1 amide bonds. The lowest BCUT2D eigenvalue weighted by Crippen LogP contribution is -2.46. The number of rotatable bonds is 2. The van der Waals surface area contributed by atoms with Crippen LogP contribution in [0.1, 0.15) is 39.0 Å². The van der Waals surface area contributed by atoms with Gasteiger partial charge in [0.2, 0.25) is 5.91 Å². The molecular formula is C14H25ClN2O. The zero-order chi connectivity index (χ0) is 11.9. The number of hydrogen-bond acceptors (Lipinski definition) is 2. The number of nitrogens with zero attached hydrogens (tertiary/aromatic N) is 1. The van der Waals surface area contributed by atoms with E-state index in [4.69, 9.17) is 0 Å². The predicted molar refractivity (Wildman–Crippen MR) is 74.9 cm³/mol. The lowest BCUT2D eigenvalue weighted by molar-refractivity contribution is -0.137. The van der Waals surface area contributed by atoms with Crippen LogP contribution < -0.4 is 5.32 Å². The number of nitrogens with one attached hydrogen (secondary N) is 1. The van der Waals surface area contributed by atoms with Crippen LogP contribution in [-0.4, -0.2) is 37.0 Å². The number of hydrogen-bond donors (Lipinski definition) is 1. The topological polar surface area (TPSA) is 32.3 Å². The molecule has 3 fully saturated rings. The van der Waals surface area contributed by atoms with Gasteiger partial charge in [-0.2, -0.15) is 0 Å². The summed E-state index contributed by atoms with van der Waals surface area (Å²) in [5.74, 6) is 1.41. The third-order valence-electron chi connectivity index (χ3n) is 5.19. The summed E-state index contributed by atoms with van der Waals surface area (Å²) >= 11 is 0. The van der Waals surface area contributed by atoms with E-state index in [0.717, 1.165) is 13.1 Å². The number of halogens is 1. The highest BCUT2D eigenvalue weighted by Crippen LogP contribution is 2.40. The van der Waals surface area contributed by atoms with Gasteiger partial charge in [0.05, 0.1) is 0 Å². The third kappa shape index (κ3) is 2.67. The molecule has 1 atom stereocenters. The lowest BCUT2D eigenvalue weighted by atomic mass is 9.77. The van der Waals surface area contributed by atoms with Crippen molar-refractivity contribution in [2.75, 3.05) is 26.2 Å². The lowest BCUT2D eigenvalue weighted by Gasteiger charge is -2.39. The molecule has 0 aromatic rings. The van der Waals surface area contributed by atoms with Crippen molar-refractivity contribution in [1.29, 1.82) is 0 Å². The van der Waals surface area contributed by atoms with Gasteiger partial charge < -0.3 is 10.2 Å². The molecule has 2 aliphatic heterocycles. The number of piperidine rings is 1. The van der Waals surface area contributed by atoms with Crippen LogP contribution in [0, 0.1) is 17.3 Å². The van der Waals surface area contributed by atoms with E-state index in [0.29, 0.717) is 17.2 Å². The molecule has 1 unspecified atom stereocenters. The second-order valence-corrected chi connectivity index (χ2v) is 6.38. The van der Waals surface area contributed by atoms with Crippen molar-refractivity contribution in [3.05, 3.63) is 0 Å². The summed E-state index contributed by atoms with van der Waals surface area (Å²) in [5, 5.41) is 3.47. The van der Waals surface area contributed by atoms with Gasteiger partial charge in [0.15, 0.2) is 0 Å². The molecule has 0 aromatic carbocycles. The normalized spacial score (nSPS) is 27.9. The van der Waals surface area contributed by atoms with Crippen LogP contribution in [0.5, 0.6) is 0 Å². The minimum Gasteiger partial charge on any atom is -0.342 e. The Morgan fingerprint density at radius 1 is 1.28 bits per heavy atom. The van der Waals surface area contributed by atoms with Crippen LogP contribution in [0.3, 0.4) is 0 Å². The van der Waals surface area contributed by atoms with Crippen LogP contribution in [-0.2, 0) is 4.79 Å². The van der Waals surface area contributed by atoms with Gasteiger partial charge in [0, 0.05) is 25.6 Å². The monoisotopic (exact) mass is 272 g/mol. The zero-order valence-electron chi connectivity index (χ0n) is 11.3. The molecule has 18 heavy (non-hydrogen) atoms. The highest BCUT2D eigenvalue weighted by molar-refractivity contribution is 5.85. The molecule has 1 spiro atoms. The van der Waals surface area contributed by atoms with Gasteiger partial charge in [-0.15, -0.1) is 12.4 Å². The molecule has 1 aliphatic carbocycles. The Morgan fingerprint density at radius 3 is 2.44 bits per heavy atom. The molecule has 0 aromatic heterocycles. The Morgan fingerprint density at radius 2 is 1.94 bits per heavy atom. The van der Waals surface area contributed by atoms with Gasteiger partial charge in [-0.25, -0.2) is 0 Å². The second kappa shape index (κ2) is 5.38. The fraction of sp³-hybridized carbons (Fsp3) is 0.929. The molecule has 3 rings (SSSR count). The van der Waals surface area contributed by atoms with E-state index in [9.17, 15) is 4.79 Å². The van der Waals surface area contributed by atoms with Crippen molar-refractivity contribution in [3.63, 3.8) is 0 Å². The van der Waals surface area contributed by atoms with E-state index in [1.54, 1.807) is 0 Å². The maximum atomic E-state index is 12.3. The van der Waals surface area contributed by atoms with Crippen LogP contribution in [0.25, 0.3) is 0 Å². The van der Waals surface area contributed by atoms with Gasteiger partial charge in [-0.1, -0.05) is 6.92 Å². The molecule has 3 nitrogen and oxygen atoms in total. The minimum atomic E-state index is 0. The quantitative estimate of drug-likeness (QED) is 0.835. The average molecular weight is 273 g/mol. The largest absolute Gasteiger partial charge is 0.342 e. The predicted octanol–water partition coefficient (Wildman–Crippen LogP) is 2.06. The van der Waals surface area contributed by atoms with E-state index in [-0.39, 0.29) is 18.3 Å². The molecular weight excluding hydrogens is 248 g/mol. The smallest absolute Gasteiger partial charge is 0.225 e. The van der Waals surface area contributed by atoms with Crippen molar-refractivity contribution >= 4 is 18.3 Å². The third-order valence-corrected chi connectivity index (χ3v) is 5.19. The Bertz CT molecular complexity index is 301. The second-order valence-electron chi connectivity index (χ2n) is 6.38. The van der Waals surface area contributed by atoms with Crippen molar-refractivity contribution in [2.45, 2.75) is 39.0 Å². The van der Waals surface area contributed by atoms with Crippen molar-refractivity contribution in [1.82, 2.24) is 10.2 Å². The minimum absolute atomic E-state index is 0. The van der Waals surface area contributed by atoms with E-state index in [2.05, 4.69) is 17.1 Å². The standard InChI is InChI=1S/C14H24N2O.ClH/c1-11(12-2-3-12)13(17)16-8-5-14(6-9-16)4-7-15-10-14;/h11-12,15H,2-10H2,1H3;1H. The summed E-state index contributed by atoms with van der Waals surface area (Å²) in [6.45, 7) is 6.47. The number of amides is 1. The summed E-state index contributed by atoms with van der Waals surface area (Å²) in [6, 6.07) is 0. The fourth-order valence-electron chi connectivity index (χ4n) is 3.51. The van der Waals surface area contributed by atoms with Gasteiger partial charge in [0.1, 0.15) is 0 Å². The van der Waals surface area contributed by atoms with Crippen LogP contribution in [0.4, 0.5) is 0 Å². The zero-order valence-corrected chi connectivity index (χ0v) is 12.1. The molecule has 0 bridgehead atoms. The first-order valence-corrected chi connectivity index (χ1v) is 7.20. The summed E-state index contributed by atoms with van der Waals surface area (Å²) in [5.41, 5.74) is 0.527. The summed E-state index contributed by atoms with van der Waals surface area (Å²) in [4.78, 5) is 14.4. The first-order chi connectivity index (χ1) is 8.20. The summed E-state index contributed by atoms with van der Waals surface area (Å²) in [6.07, 6.45) is 6.28. The highest BCUT2D eigenvalue weighted by atomic mass is 35.5. The van der Waals surface area contributed by atoms with E-state index in [1.807, 2.05) is 0 Å².